The third-order valence-electron chi connectivity index (χ3n) is 3.62. The maximum atomic E-state index is 13.1. The number of amides is 2. The Balaban J connectivity index is 2.68. The van der Waals surface area contributed by atoms with Crippen LogP contribution in [-0.4, -0.2) is 48.1 Å². The van der Waals surface area contributed by atoms with Crippen LogP contribution in [0, 0.1) is 17.0 Å². The molecule has 0 heterocycles. The van der Waals surface area contributed by atoms with Gasteiger partial charge in [0.05, 0.1) is 19.2 Å². The van der Waals surface area contributed by atoms with Crippen LogP contribution in [0.15, 0.2) is 18.2 Å². The molecule has 1 aromatic carbocycles. The number of carbonyl (C=O) groups is 2. The molecule has 2 amide bonds. The standard InChI is InChI=1S/C16H22F2N2O3/c1-16(2,3)13(9-21)20(4)14(22)8-19-15(23)10-5-6-11(17)12(18)7-10/h5-7,13,21H,8-9H2,1-4H3,(H,19,23). The molecule has 0 bridgehead atoms. The molecule has 0 saturated heterocycles. The second kappa shape index (κ2) is 7.50. The summed E-state index contributed by atoms with van der Waals surface area (Å²) in [5.74, 6) is -3.25. The molecule has 0 radical (unpaired) electrons. The first-order valence-corrected chi connectivity index (χ1v) is 7.17. The van der Waals surface area contributed by atoms with E-state index in [4.69, 9.17) is 0 Å². The third kappa shape index (κ3) is 4.99. The molecule has 0 aliphatic heterocycles. The Bertz CT molecular complexity index is 585. The molecule has 1 atom stereocenters. The largest absolute Gasteiger partial charge is 0.394 e. The maximum Gasteiger partial charge on any atom is 0.251 e. The quantitative estimate of drug-likeness (QED) is 0.862. The van der Waals surface area contributed by atoms with Gasteiger partial charge in [0, 0.05) is 12.6 Å². The Morgan fingerprint density at radius 3 is 2.35 bits per heavy atom. The fourth-order valence-electron chi connectivity index (χ4n) is 2.17. The van der Waals surface area contributed by atoms with Crippen molar-refractivity contribution in [3.63, 3.8) is 0 Å². The van der Waals surface area contributed by atoms with E-state index in [1.165, 1.54) is 11.9 Å². The van der Waals surface area contributed by atoms with Gasteiger partial charge < -0.3 is 15.3 Å². The molecular formula is C16H22F2N2O3. The second-order valence-corrected chi connectivity index (χ2v) is 6.38. The number of aliphatic hydroxyl groups is 1. The first-order chi connectivity index (χ1) is 10.6. The minimum absolute atomic E-state index is 0.0751. The molecule has 0 aliphatic carbocycles. The summed E-state index contributed by atoms with van der Waals surface area (Å²) in [5.41, 5.74) is -0.405. The molecule has 1 unspecified atom stereocenters. The van der Waals surface area contributed by atoms with Gasteiger partial charge in [-0.05, 0) is 23.6 Å². The first-order valence-electron chi connectivity index (χ1n) is 7.17. The van der Waals surface area contributed by atoms with Gasteiger partial charge in [0.1, 0.15) is 0 Å². The lowest BCUT2D eigenvalue weighted by Gasteiger charge is -2.36. The van der Waals surface area contributed by atoms with Gasteiger partial charge in [-0.1, -0.05) is 20.8 Å². The number of aliphatic hydroxyl groups excluding tert-OH is 1. The lowest BCUT2D eigenvalue weighted by atomic mass is 9.86. The highest BCUT2D eigenvalue weighted by atomic mass is 19.2. The maximum absolute atomic E-state index is 13.1. The average Bonchev–Trinajstić information content (AvgIpc) is 2.46. The molecule has 128 valence electrons. The van der Waals surface area contributed by atoms with Crippen molar-refractivity contribution in [2.75, 3.05) is 20.2 Å². The van der Waals surface area contributed by atoms with Crippen molar-refractivity contribution in [3.8, 4) is 0 Å². The van der Waals surface area contributed by atoms with Gasteiger partial charge >= 0.3 is 0 Å². The number of nitrogens with one attached hydrogen (secondary N) is 1. The van der Waals surface area contributed by atoms with E-state index in [0.717, 1.165) is 18.2 Å². The monoisotopic (exact) mass is 328 g/mol. The zero-order chi connectivity index (χ0) is 17.8. The van der Waals surface area contributed by atoms with Crippen molar-refractivity contribution >= 4 is 11.8 Å². The van der Waals surface area contributed by atoms with Gasteiger partial charge in [-0.25, -0.2) is 8.78 Å². The summed E-state index contributed by atoms with van der Waals surface area (Å²) in [4.78, 5) is 25.3. The fourth-order valence-corrected chi connectivity index (χ4v) is 2.17. The Labute approximate surface area is 134 Å². The van der Waals surface area contributed by atoms with Crippen LogP contribution in [0.25, 0.3) is 0 Å². The van der Waals surface area contributed by atoms with Crippen LogP contribution in [0.1, 0.15) is 31.1 Å². The predicted molar refractivity (Wildman–Crippen MR) is 81.8 cm³/mol. The Hall–Kier alpha value is -2.02. The molecular weight excluding hydrogens is 306 g/mol. The number of carbonyl (C=O) groups excluding carboxylic acids is 2. The van der Waals surface area contributed by atoms with E-state index in [-0.39, 0.29) is 24.1 Å². The van der Waals surface area contributed by atoms with E-state index < -0.39 is 29.5 Å². The number of rotatable bonds is 5. The molecule has 5 nitrogen and oxygen atoms in total. The summed E-state index contributed by atoms with van der Waals surface area (Å²) in [7, 11) is 1.54. The summed E-state index contributed by atoms with van der Waals surface area (Å²) in [5, 5.41) is 11.8. The average molecular weight is 328 g/mol. The molecule has 7 heteroatoms. The number of hydrogen-bond donors (Lipinski definition) is 2. The SMILES string of the molecule is CN(C(=O)CNC(=O)c1ccc(F)c(F)c1)C(CO)C(C)(C)C. The number of hydrogen-bond acceptors (Lipinski definition) is 3. The first kappa shape index (κ1) is 19.0. The minimum Gasteiger partial charge on any atom is -0.394 e. The zero-order valence-electron chi connectivity index (χ0n) is 13.7. The van der Waals surface area contributed by atoms with Crippen molar-refractivity contribution in [2.24, 2.45) is 5.41 Å². The van der Waals surface area contributed by atoms with E-state index in [1.54, 1.807) is 0 Å². The number of nitrogens with zero attached hydrogens (tertiary/aromatic N) is 1. The van der Waals surface area contributed by atoms with E-state index in [0.29, 0.717) is 0 Å². The smallest absolute Gasteiger partial charge is 0.251 e. The van der Waals surface area contributed by atoms with Gasteiger partial charge in [0.15, 0.2) is 11.6 Å². The van der Waals surface area contributed by atoms with Crippen molar-refractivity contribution in [1.82, 2.24) is 10.2 Å². The predicted octanol–water partition coefficient (Wildman–Crippen LogP) is 1.56. The van der Waals surface area contributed by atoms with E-state index in [2.05, 4.69) is 5.32 Å². The molecule has 2 N–H and O–H groups in total. The van der Waals surface area contributed by atoms with Crippen LogP contribution in [0.5, 0.6) is 0 Å². The van der Waals surface area contributed by atoms with Crippen LogP contribution in [0.4, 0.5) is 8.78 Å². The highest BCUT2D eigenvalue weighted by Gasteiger charge is 2.30. The Morgan fingerprint density at radius 2 is 1.87 bits per heavy atom. The highest BCUT2D eigenvalue weighted by Crippen LogP contribution is 2.23. The van der Waals surface area contributed by atoms with E-state index in [9.17, 15) is 23.5 Å². The van der Waals surface area contributed by atoms with Crippen molar-refractivity contribution < 1.29 is 23.5 Å². The van der Waals surface area contributed by atoms with E-state index >= 15 is 0 Å². The lowest BCUT2D eigenvalue weighted by Crippen LogP contribution is -2.50. The highest BCUT2D eigenvalue weighted by molar-refractivity contribution is 5.96. The van der Waals surface area contributed by atoms with Crippen LogP contribution in [-0.2, 0) is 4.79 Å². The molecule has 1 rings (SSSR count). The van der Waals surface area contributed by atoms with Crippen molar-refractivity contribution in [2.45, 2.75) is 26.8 Å². The van der Waals surface area contributed by atoms with Crippen LogP contribution < -0.4 is 5.32 Å². The fraction of sp³-hybridized carbons (Fsp3) is 0.500. The summed E-state index contributed by atoms with van der Waals surface area (Å²) >= 11 is 0. The summed E-state index contributed by atoms with van der Waals surface area (Å²) in [6.45, 7) is 5.15. The minimum atomic E-state index is -1.13. The van der Waals surface area contributed by atoms with Crippen LogP contribution >= 0.6 is 0 Å². The summed E-state index contributed by atoms with van der Waals surface area (Å²) < 4.78 is 25.9. The van der Waals surface area contributed by atoms with Gasteiger partial charge in [-0.2, -0.15) is 0 Å². The van der Waals surface area contributed by atoms with Crippen molar-refractivity contribution in [3.05, 3.63) is 35.4 Å². The summed E-state index contributed by atoms with van der Waals surface area (Å²) in [6.07, 6.45) is 0. The van der Waals surface area contributed by atoms with Crippen molar-refractivity contribution in [1.29, 1.82) is 0 Å². The topological polar surface area (TPSA) is 69.6 Å². The van der Waals surface area contributed by atoms with Crippen LogP contribution in [0.3, 0.4) is 0 Å². The number of halogens is 2. The van der Waals surface area contributed by atoms with Crippen LogP contribution in [0.2, 0.25) is 0 Å². The molecule has 0 fully saturated rings. The Kier molecular flexibility index (Phi) is 6.20. The van der Waals surface area contributed by atoms with Gasteiger partial charge in [-0.3, -0.25) is 9.59 Å². The number of likely N-dealkylation sites (N-methyl/N-ethyl adjacent to an activating group) is 1. The second-order valence-electron chi connectivity index (χ2n) is 6.38. The lowest BCUT2D eigenvalue weighted by molar-refractivity contribution is -0.134. The van der Waals surface area contributed by atoms with Gasteiger partial charge in [0.25, 0.3) is 5.91 Å². The Morgan fingerprint density at radius 1 is 1.26 bits per heavy atom. The zero-order valence-corrected chi connectivity index (χ0v) is 13.7. The summed E-state index contributed by atoms with van der Waals surface area (Å²) in [6, 6.07) is 2.34. The van der Waals surface area contributed by atoms with Gasteiger partial charge in [-0.15, -0.1) is 0 Å². The molecule has 0 saturated carbocycles. The molecule has 1 aromatic rings. The third-order valence-corrected chi connectivity index (χ3v) is 3.62. The molecule has 0 spiro atoms. The normalized spacial score (nSPS) is 12.7. The van der Waals surface area contributed by atoms with E-state index in [1.807, 2.05) is 20.8 Å². The molecule has 0 aliphatic rings. The molecule has 23 heavy (non-hydrogen) atoms. The molecule has 0 aromatic heterocycles. The number of benzene rings is 1. The van der Waals surface area contributed by atoms with Gasteiger partial charge in [0.2, 0.25) is 5.91 Å².